The fourth-order valence-corrected chi connectivity index (χ4v) is 1.95. The lowest BCUT2D eigenvalue weighted by molar-refractivity contribution is -0.128. The molecule has 1 saturated heterocycles. The third-order valence-electron chi connectivity index (χ3n) is 2.91. The second-order valence-corrected chi connectivity index (χ2v) is 3.98. The number of nitrogens with one attached hydrogen (secondary N) is 1. The summed E-state index contributed by atoms with van der Waals surface area (Å²) < 4.78 is 4.15. The minimum Gasteiger partial charge on any atom is -0.468 e. The molecule has 2 aliphatic rings. The molecule has 82 valence electrons. The average molecular weight is 199 g/mol. The molecule has 0 spiro atoms. The van der Waals surface area contributed by atoms with Crippen LogP contribution in [0.1, 0.15) is 32.6 Å². The summed E-state index contributed by atoms with van der Waals surface area (Å²) in [4.78, 5) is 9.18. The smallest absolute Gasteiger partial charge is 0.293 e. The van der Waals surface area contributed by atoms with Crippen LogP contribution in [0.3, 0.4) is 0 Å². The second-order valence-electron chi connectivity index (χ2n) is 3.98. The van der Waals surface area contributed by atoms with Crippen molar-refractivity contribution in [3.05, 3.63) is 0 Å². The van der Waals surface area contributed by atoms with Crippen LogP contribution in [0.2, 0.25) is 0 Å². The quantitative estimate of drug-likeness (QED) is 0.701. The molecule has 0 aromatic rings. The van der Waals surface area contributed by atoms with Crippen molar-refractivity contribution in [3.63, 3.8) is 0 Å². The van der Waals surface area contributed by atoms with Crippen LogP contribution >= 0.6 is 0 Å². The number of hydrogen-bond donors (Lipinski definition) is 1. The van der Waals surface area contributed by atoms with Crippen LogP contribution in [-0.2, 0) is 9.53 Å². The van der Waals surface area contributed by atoms with E-state index in [9.17, 15) is 4.79 Å². The minimum atomic E-state index is 0.431. The molecule has 0 aromatic carbocycles. The molecule has 14 heavy (non-hydrogen) atoms. The van der Waals surface area contributed by atoms with Crippen LogP contribution in [0.15, 0.2) is 0 Å². The lowest BCUT2D eigenvalue weighted by Gasteiger charge is -2.21. The van der Waals surface area contributed by atoms with E-state index in [2.05, 4.69) is 10.1 Å². The Balaban J connectivity index is 0.000000171. The maximum atomic E-state index is 9.18. The monoisotopic (exact) mass is 199 g/mol. The zero-order valence-corrected chi connectivity index (χ0v) is 9.00. The van der Waals surface area contributed by atoms with Crippen molar-refractivity contribution in [1.82, 2.24) is 5.32 Å². The first-order valence-corrected chi connectivity index (χ1v) is 5.64. The molecule has 2 fully saturated rings. The molecule has 1 aliphatic heterocycles. The lowest BCUT2D eigenvalue weighted by Crippen LogP contribution is -2.28. The van der Waals surface area contributed by atoms with Crippen LogP contribution < -0.4 is 5.32 Å². The maximum absolute atomic E-state index is 9.18. The Morgan fingerprint density at radius 1 is 1.21 bits per heavy atom. The van der Waals surface area contributed by atoms with Crippen LogP contribution in [0.4, 0.5) is 0 Å². The molecular weight excluding hydrogens is 178 g/mol. The maximum Gasteiger partial charge on any atom is 0.293 e. The summed E-state index contributed by atoms with van der Waals surface area (Å²) in [6.45, 7) is 5.22. The van der Waals surface area contributed by atoms with Gasteiger partial charge in [0.2, 0.25) is 0 Å². The first kappa shape index (κ1) is 11.5. The zero-order valence-electron chi connectivity index (χ0n) is 9.00. The zero-order chi connectivity index (χ0) is 10.2. The van der Waals surface area contributed by atoms with Crippen molar-refractivity contribution in [2.24, 2.45) is 11.8 Å². The van der Waals surface area contributed by atoms with Gasteiger partial charge in [0.15, 0.2) is 0 Å². The number of ether oxygens (including phenoxy) is 1. The molecule has 0 bridgehead atoms. The molecule has 0 unspecified atom stereocenters. The predicted molar refractivity (Wildman–Crippen MR) is 56.0 cm³/mol. The van der Waals surface area contributed by atoms with E-state index < -0.39 is 0 Å². The third kappa shape index (κ3) is 4.61. The van der Waals surface area contributed by atoms with Gasteiger partial charge in [-0.3, -0.25) is 4.79 Å². The highest BCUT2D eigenvalue weighted by atomic mass is 16.5. The Kier molecular flexibility index (Phi) is 5.60. The Labute approximate surface area is 86.2 Å². The van der Waals surface area contributed by atoms with Crippen molar-refractivity contribution < 1.29 is 9.53 Å². The largest absolute Gasteiger partial charge is 0.468 e. The SMILES string of the molecule is C1CC(C2CC2)CCN1.CCOC=O. The van der Waals surface area contributed by atoms with Crippen molar-refractivity contribution in [3.8, 4) is 0 Å². The van der Waals surface area contributed by atoms with Crippen molar-refractivity contribution in [2.45, 2.75) is 32.6 Å². The fourth-order valence-electron chi connectivity index (χ4n) is 1.95. The molecule has 1 aliphatic carbocycles. The van der Waals surface area contributed by atoms with Gasteiger partial charge in [-0.25, -0.2) is 0 Å². The standard InChI is InChI=1S/C8H15N.C3H6O2/c1-2-7(1)8-3-5-9-6-4-8;1-2-5-3-4/h7-9H,1-6H2;3H,2H2,1H3. The van der Waals surface area contributed by atoms with Gasteiger partial charge in [0, 0.05) is 0 Å². The van der Waals surface area contributed by atoms with Crippen molar-refractivity contribution in [2.75, 3.05) is 19.7 Å². The van der Waals surface area contributed by atoms with E-state index in [-0.39, 0.29) is 0 Å². The summed E-state index contributed by atoms with van der Waals surface area (Å²) in [5, 5.41) is 3.40. The first-order valence-electron chi connectivity index (χ1n) is 5.64. The second kappa shape index (κ2) is 6.82. The van der Waals surface area contributed by atoms with Crippen LogP contribution in [0.5, 0.6) is 0 Å². The highest BCUT2D eigenvalue weighted by Crippen LogP contribution is 2.40. The molecule has 0 aromatic heterocycles. The molecule has 0 radical (unpaired) electrons. The molecule has 1 N–H and O–H groups in total. The van der Waals surface area contributed by atoms with Crippen LogP contribution in [0.25, 0.3) is 0 Å². The summed E-state index contributed by atoms with van der Waals surface area (Å²) >= 11 is 0. The van der Waals surface area contributed by atoms with E-state index in [4.69, 9.17) is 0 Å². The predicted octanol–water partition coefficient (Wildman–Crippen LogP) is 1.58. The first-order chi connectivity index (χ1) is 6.88. The van der Waals surface area contributed by atoms with Crippen molar-refractivity contribution >= 4 is 6.47 Å². The highest BCUT2D eigenvalue weighted by molar-refractivity contribution is 5.36. The summed E-state index contributed by atoms with van der Waals surface area (Å²) in [6, 6.07) is 0. The molecule has 0 atom stereocenters. The van der Waals surface area contributed by atoms with Gasteiger partial charge in [0.05, 0.1) is 6.61 Å². The van der Waals surface area contributed by atoms with Crippen LogP contribution in [-0.4, -0.2) is 26.2 Å². The van der Waals surface area contributed by atoms with E-state index in [1.54, 1.807) is 6.92 Å². The number of piperidine rings is 1. The number of carbonyl (C=O) groups is 1. The van der Waals surface area contributed by atoms with E-state index in [1.807, 2.05) is 0 Å². The normalized spacial score (nSPS) is 22.1. The molecular formula is C11H21NO2. The summed E-state index contributed by atoms with van der Waals surface area (Å²) in [6.07, 6.45) is 5.96. The number of rotatable bonds is 3. The topological polar surface area (TPSA) is 38.3 Å². The van der Waals surface area contributed by atoms with Gasteiger partial charge in [0.1, 0.15) is 0 Å². The Hall–Kier alpha value is -0.570. The van der Waals surface area contributed by atoms with E-state index >= 15 is 0 Å². The van der Waals surface area contributed by atoms with E-state index in [1.165, 1.54) is 38.8 Å². The lowest BCUT2D eigenvalue weighted by atomic mass is 9.93. The van der Waals surface area contributed by atoms with E-state index in [0.717, 1.165) is 11.8 Å². The van der Waals surface area contributed by atoms with Gasteiger partial charge in [-0.1, -0.05) is 0 Å². The molecule has 1 saturated carbocycles. The van der Waals surface area contributed by atoms with Gasteiger partial charge in [-0.2, -0.15) is 0 Å². The fraction of sp³-hybridized carbons (Fsp3) is 0.909. The number of carbonyl (C=O) groups excluding carboxylic acids is 1. The average Bonchev–Trinajstić information content (AvgIpc) is 3.05. The van der Waals surface area contributed by atoms with Gasteiger partial charge >= 0.3 is 0 Å². The molecule has 2 rings (SSSR count). The van der Waals surface area contributed by atoms with Crippen molar-refractivity contribution in [1.29, 1.82) is 0 Å². The summed E-state index contributed by atoms with van der Waals surface area (Å²) in [7, 11) is 0. The molecule has 3 nitrogen and oxygen atoms in total. The Bertz CT molecular complexity index is 151. The minimum absolute atomic E-state index is 0.431. The van der Waals surface area contributed by atoms with Gasteiger partial charge in [0.25, 0.3) is 6.47 Å². The van der Waals surface area contributed by atoms with Gasteiger partial charge in [-0.05, 0) is 57.5 Å². The third-order valence-corrected chi connectivity index (χ3v) is 2.91. The Morgan fingerprint density at radius 3 is 2.14 bits per heavy atom. The molecule has 3 heteroatoms. The van der Waals surface area contributed by atoms with Crippen LogP contribution in [0, 0.1) is 11.8 Å². The van der Waals surface area contributed by atoms with Gasteiger partial charge < -0.3 is 10.1 Å². The summed E-state index contributed by atoms with van der Waals surface area (Å²) in [5.41, 5.74) is 0. The molecule has 0 amide bonds. The molecule has 1 heterocycles. The van der Waals surface area contributed by atoms with Gasteiger partial charge in [-0.15, -0.1) is 0 Å². The highest BCUT2D eigenvalue weighted by Gasteiger charge is 2.31. The van der Waals surface area contributed by atoms with E-state index in [0.29, 0.717) is 13.1 Å². The Morgan fingerprint density at radius 2 is 1.79 bits per heavy atom. The number of hydrogen-bond acceptors (Lipinski definition) is 3. The summed E-state index contributed by atoms with van der Waals surface area (Å²) in [5.74, 6) is 2.25.